The van der Waals surface area contributed by atoms with Crippen molar-refractivity contribution in [1.29, 1.82) is 0 Å². The molecule has 3 saturated heterocycles. The lowest BCUT2D eigenvalue weighted by Crippen LogP contribution is -2.61. The maximum atomic E-state index is 12.1. The number of rotatable bonds is 2. The van der Waals surface area contributed by atoms with Gasteiger partial charge in [0.25, 0.3) is 0 Å². The van der Waals surface area contributed by atoms with E-state index in [2.05, 4.69) is 26.1 Å². The van der Waals surface area contributed by atoms with Crippen LogP contribution in [-0.2, 0) is 4.74 Å². The Balaban J connectivity index is 1.39. The highest BCUT2D eigenvalue weighted by Crippen LogP contribution is 2.44. The van der Waals surface area contributed by atoms with Crippen molar-refractivity contribution in [2.45, 2.75) is 18.9 Å². The molecule has 5 rings (SSSR count). The van der Waals surface area contributed by atoms with Crippen LogP contribution in [0.3, 0.4) is 0 Å². The molecule has 4 fully saturated rings. The lowest BCUT2D eigenvalue weighted by Gasteiger charge is -2.54. The van der Waals surface area contributed by atoms with Crippen molar-refractivity contribution < 1.29 is 9.53 Å². The molecular weight excluding hydrogens is 332 g/mol. The summed E-state index contributed by atoms with van der Waals surface area (Å²) in [5.74, 6) is 1.90. The van der Waals surface area contributed by atoms with Gasteiger partial charge in [-0.15, -0.1) is 0 Å². The smallest absolute Gasteiger partial charge is 0.411 e. The van der Waals surface area contributed by atoms with Gasteiger partial charge in [0.05, 0.1) is 0 Å². The molecule has 4 aliphatic rings. The van der Waals surface area contributed by atoms with Gasteiger partial charge in [-0.25, -0.2) is 4.79 Å². The highest BCUT2D eigenvalue weighted by Gasteiger charge is 2.49. The van der Waals surface area contributed by atoms with E-state index < -0.39 is 0 Å². The average molecular weight is 351 g/mol. The molecule has 3 aliphatic heterocycles. The SMILES string of the molecule is O=C(Nc1ccc(Br)cc1)OC1C2CC3CC1CN(C3)C2. The third-order valence-corrected chi connectivity index (χ3v) is 5.57. The molecule has 3 heterocycles. The molecule has 4 bridgehead atoms. The number of anilines is 1. The standard InChI is InChI=1S/C16H19BrN2O2/c17-13-1-3-14(4-2-13)18-16(20)21-15-11-5-10-6-12(15)9-19(7-10)8-11/h1-4,10-12,15H,5-9H2,(H,18,20). The topological polar surface area (TPSA) is 41.6 Å². The van der Waals surface area contributed by atoms with E-state index in [1.807, 2.05) is 24.3 Å². The van der Waals surface area contributed by atoms with Crippen molar-refractivity contribution in [2.75, 3.05) is 25.0 Å². The number of carbonyl (C=O) groups excluding carboxylic acids is 1. The molecule has 1 aliphatic carbocycles. The van der Waals surface area contributed by atoms with E-state index in [9.17, 15) is 4.79 Å². The number of amides is 1. The molecule has 112 valence electrons. The number of nitrogens with one attached hydrogen (secondary N) is 1. The molecule has 1 saturated carbocycles. The minimum absolute atomic E-state index is 0.105. The summed E-state index contributed by atoms with van der Waals surface area (Å²) in [7, 11) is 0. The van der Waals surface area contributed by atoms with Crippen molar-refractivity contribution in [1.82, 2.24) is 4.90 Å². The number of benzene rings is 1. The van der Waals surface area contributed by atoms with Crippen LogP contribution in [0, 0.1) is 17.8 Å². The van der Waals surface area contributed by atoms with E-state index in [0.29, 0.717) is 11.8 Å². The Kier molecular flexibility index (Phi) is 3.42. The normalized spacial score (nSPS) is 36.5. The second-order valence-corrected chi connectivity index (χ2v) is 7.49. The largest absolute Gasteiger partial charge is 0.445 e. The molecular formula is C16H19BrN2O2. The number of carbonyl (C=O) groups is 1. The van der Waals surface area contributed by atoms with Gasteiger partial charge >= 0.3 is 6.09 Å². The zero-order chi connectivity index (χ0) is 14.4. The number of hydrogen-bond acceptors (Lipinski definition) is 3. The van der Waals surface area contributed by atoms with Crippen molar-refractivity contribution in [3.05, 3.63) is 28.7 Å². The number of nitrogens with zero attached hydrogens (tertiary/aromatic N) is 1. The summed E-state index contributed by atoms with van der Waals surface area (Å²) in [5, 5.41) is 2.83. The molecule has 2 atom stereocenters. The highest BCUT2D eigenvalue weighted by atomic mass is 79.9. The summed E-state index contributed by atoms with van der Waals surface area (Å²) in [4.78, 5) is 14.7. The van der Waals surface area contributed by atoms with Crippen LogP contribution in [0.1, 0.15) is 12.8 Å². The monoisotopic (exact) mass is 350 g/mol. The number of hydrogen-bond donors (Lipinski definition) is 1. The van der Waals surface area contributed by atoms with Gasteiger partial charge in [0.15, 0.2) is 0 Å². The van der Waals surface area contributed by atoms with E-state index in [4.69, 9.17) is 4.74 Å². The molecule has 0 spiro atoms. The summed E-state index contributed by atoms with van der Waals surface area (Å²) in [6.45, 7) is 3.46. The molecule has 0 aromatic heterocycles. The van der Waals surface area contributed by atoms with E-state index in [1.54, 1.807) is 0 Å². The Morgan fingerprint density at radius 2 is 1.81 bits per heavy atom. The van der Waals surface area contributed by atoms with Crippen molar-refractivity contribution >= 4 is 27.7 Å². The molecule has 1 N–H and O–H groups in total. The summed E-state index contributed by atoms with van der Waals surface area (Å²) in [6, 6.07) is 7.55. The van der Waals surface area contributed by atoms with E-state index >= 15 is 0 Å². The van der Waals surface area contributed by atoms with Gasteiger partial charge in [-0.3, -0.25) is 5.32 Å². The van der Waals surface area contributed by atoms with Crippen molar-refractivity contribution in [3.63, 3.8) is 0 Å². The van der Waals surface area contributed by atoms with Crippen LogP contribution >= 0.6 is 15.9 Å². The summed E-state index contributed by atoms with van der Waals surface area (Å²) in [6.07, 6.45) is 2.24. The minimum Gasteiger partial charge on any atom is -0.445 e. The third-order valence-electron chi connectivity index (χ3n) is 5.04. The second kappa shape index (κ2) is 5.29. The van der Waals surface area contributed by atoms with Gasteiger partial charge in [-0.2, -0.15) is 0 Å². The highest BCUT2D eigenvalue weighted by molar-refractivity contribution is 9.10. The zero-order valence-electron chi connectivity index (χ0n) is 11.8. The Hall–Kier alpha value is -1.07. The van der Waals surface area contributed by atoms with Gasteiger partial charge in [0, 0.05) is 41.6 Å². The first-order chi connectivity index (χ1) is 10.2. The quantitative estimate of drug-likeness (QED) is 0.889. The number of ether oxygens (including phenoxy) is 1. The fourth-order valence-electron chi connectivity index (χ4n) is 4.36. The Bertz CT molecular complexity index is 518. The van der Waals surface area contributed by atoms with Gasteiger partial charge in [-0.1, -0.05) is 15.9 Å². The molecule has 2 unspecified atom stereocenters. The lowest BCUT2D eigenvalue weighted by atomic mass is 9.66. The van der Waals surface area contributed by atoms with Gasteiger partial charge in [0.2, 0.25) is 0 Å². The molecule has 1 amide bonds. The van der Waals surface area contributed by atoms with Gasteiger partial charge in [0.1, 0.15) is 6.10 Å². The Morgan fingerprint density at radius 1 is 1.14 bits per heavy atom. The molecule has 5 heteroatoms. The number of halogens is 1. The van der Waals surface area contributed by atoms with Crippen LogP contribution in [-0.4, -0.2) is 36.7 Å². The van der Waals surface area contributed by atoms with Crippen LogP contribution in [0.5, 0.6) is 0 Å². The molecule has 21 heavy (non-hydrogen) atoms. The maximum Gasteiger partial charge on any atom is 0.411 e. The van der Waals surface area contributed by atoms with Crippen LogP contribution in [0.15, 0.2) is 28.7 Å². The zero-order valence-corrected chi connectivity index (χ0v) is 13.4. The predicted molar refractivity (Wildman–Crippen MR) is 84.2 cm³/mol. The molecule has 4 nitrogen and oxygen atoms in total. The fourth-order valence-corrected chi connectivity index (χ4v) is 4.62. The molecule has 1 aromatic rings. The minimum atomic E-state index is -0.315. The predicted octanol–water partition coefficient (Wildman–Crippen LogP) is 3.34. The van der Waals surface area contributed by atoms with Crippen molar-refractivity contribution in [3.8, 4) is 0 Å². The first-order valence-corrected chi connectivity index (χ1v) is 8.42. The summed E-state index contributed by atoms with van der Waals surface area (Å²) >= 11 is 3.39. The Labute approximate surface area is 133 Å². The van der Waals surface area contributed by atoms with E-state index in [-0.39, 0.29) is 12.2 Å². The third kappa shape index (κ3) is 2.69. The van der Waals surface area contributed by atoms with Crippen molar-refractivity contribution in [2.24, 2.45) is 17.8 Å². The van der Waals surface area contributed by atoms with E-state index in [1.165, 1.54) is 19.4 Å². The van der Waals surface area contributed by atoms with Crippen LogP contribution in [0.25, 0.3) is 0 Å². The van der Waals surface area contributed by atoms with Crippen LogP contribution in [0.2, 0.25) is 0 Å². The van der Waals surface area contributed by atoms with Crippen LogP contribution < -0.4 is 5.32 Å². The first-order valence-electron chi connectivity index (χ1n) is 7.63. The average Bonchev–Trinajstić information content (AvgIpc) is 2.45. The summed E-state index contributed by atoms with van der Waals surface area (Å²) in [5.41, 5.74) is 0.774. The molecule has 1 aromatic carbocycles. The van der Waals surface area contributed by atoms with Gasteiger partial charge < -0.3 is 9.64 Å². The second-order valence-electron chi connectivity index (χ2n) is 6.58. The fraction of sp³-hybridized carbons (Fsp3) is 0.562. The van der Waals surface area contributed by atoms with Crippen LogP contribution in [0.4, 0.5) is 10.5 Å². The Morgan fingerprint density at radius 3 is 2.43 bits per heavy atom. The van der Waals surface area contributed by atoms with Gasteiger partial charge in [-0.05, 0) is 43.0 Å². The summed E-state index contributed by atoms with van der Waals surface area (Å²) < 4.78 is 6.77. The first kappa shape index (κ1) is 13.6. The number of piperidine rings is 3. The maximum absolute atomic E-state index is 12.1. The lowest BCUT2D eigenvalue weighted by molar-refractivity contribution is -0.110. The van der Waals surface area contributed by atoms with E-state index in [0.717, 1.165) is 29.2 Å². The molecule has 0 radical (unpaired) electrons.